The zero-order valence-corrected chi connectivity index (χ0v) is 15.1. The van der Waals surface area contributed by atoms with Gasteiger partial charge in [0.25, 0.3) is 0 Å². The van der Waals surface area contributed by atoms with Gasteiger partial charge in [-0.15, -0.1) is 5.10 Å². The lowest BCUT2D eigenvalue weighted by Gasteiger charge is -2.26. The number of benzene rings is 1. The summed E-state index contributed by atoms with van der Waals surface area (Å²) in [5, 5.41) is 11.4. The van der Waals surface area contributed by atoms with Crippen molar-refractivity contribution >= 4 is 21.6 Å². The molecule has 134 valence electrons. The fourth-order valence-corrected chi connectivity index (χ4v) is 4.80. The van der Waals surface area contributed by atoms with Crippen LogP contribution in [0.15, 0.2) is 36.5 Å². The van der Waals surface area contributed by atoms with Gasteiger partial charge in [-0.3, -0.25) is 0 Å². The molecule has 25 heavy (non-hydrogen) atoms. The fourth-order valence-electron chi connectivity index (χ4n) is 3.06. The number of anilines is 2. The van der Waals surface area contributed by atoms with Gasteiger partial charge in [-0.2, -0.15) is 10.1 Å². The molecule has 0 radical (unpaired) electrons. The van der Waals surface area contributed by atoms with Gasteiger partial charge < -0.3 is 10.2 Å². The fraction of sp³-hybridized carbons (Fsp3) is 0.471. The van der Waals surface area contributed by atoms with E-state index >= 15 is 0 Å². The first-order valence-electron chi connectivity index (χ1n) is 8.52. The average Bonchev–Trinajstić information content (AvgIpc) is 2.97. The minimum Gasteiger partial charge on any atom is -0.368 e. The van der Waals surface area contributed by atoms with Crippen molar-refractivity contribution in [1.82, 2.24) is 15.2 Å². The van der Waals surface area contributed by atoms with Crippen molar-refractivity contribution in [3.8, 4) is 0 Å². The van der Waals surface area contributed by atoms with Gasteiger partial charge in [-0.25, -0.2) is 8.42 Å². The van der Waals surface area contributed by atoms with Crippen LogP contribution in [0, 0.1) is 0 Å². The number of rotatable bonds is 7. The van der Waals surface area contributed by atoms with Gasteiger partial charge >= 0.3 is 0 Å². The third kappa shape index (κ3) is 4.66. The van der Waals surface area contributed by atoms with Crippen molar-refractivity contribution in [3.05, 3.63) is 42.1 Å². The topological polar surface area (TPSA) is 88.1 Å². The monoisotopic (exact) mass is 361 g/mol. The maximum absolute atomic E-state index is 11.7. The smallest absolute Gasteiger partial charge is 0.247 e. The maximum atomic E-state index is 11.7. The summed E-state index contributed by atoms with van der Waals surface area (Å²) in [7, 11) is -2.95. The van der Waals surface area contributed by atoms with E-state index < -0.39 is 9.84 Å². The lowest BCUT2D eigenvalue weighted by atomic mass is 10.1. The number of hydrogen-bond donors (Lipinski definition) is 1. The SMILES string of the molecule is CCN(c1nncc(NCCc2ccccc2)n1)C1CCS(=O)(=O)C1. The Balaban J connectivity index is 1.64. The predicted molar refractivity (Wildman–Crippen MR) is 98.5 cm³/mol. The van der Waals surface area contributed by atoms with Crippen LogP contribution in [0.5, 0.6) is 0 Å². The van der Waals surface area contributed by atoms with Crippen molar-refractivity contribution in [2.24, 2.45) is 0 Å². The molecule has 0 saturated carbocycles. The molecule has 8 heteroatoms. The maximum Gasteiger partial charge on any atom is 0.247 e. The molecule has 1 N–H and O–H groups in total. The first-order chi connectivity index (χ1) is 12.1. The van der Waals surface area contributed by atoms with E-state index in [-0.39, 0.29) is 17.5 Å². The first-order valence-corrected chi connectivity index (χ1v) is 10.3. The number of sulfone groups is 1. The summed E-state index contributed by atoms with van der Waals surface area (Å²) in [5.74, 6) is 1.53. The molecule has 7 nitrogen and oxygen atoms in total. The Hall–Kier alpha value is -2.22. The third-order valence-electron chi connectivity index (χ3n) is 4.36. The molecular weight excluding hydrogens is 338 g/mol. The molecule has 1 aromatic carbocycles. The Morgan fingerprint density at radius 3 is 2.76 bits per heavy atom. The molecule has 1 aromatic heterocycles. The van der Waals surface area contributed by atoms with Crippen LogP contribution < -0.4 is 10.2 Å². The minimum absolute atomic E-state index is 0.0728. The van der Waals surface area contributed by atoms with Gasteiger partial charge in [0.1, 0.15) is 0 Å². The summed E-state index contributed by atoms with van der Waals surface area (Å²) < 4.78 is 23.5. The van der Waals surface area contributed by atoms with E-state index in [2.05, 4.69) is 32.6 Å². The van der Waals surface area contributed by atoms with E-state index in [0.29, 0.717) is 24.7 Å². The number of aromatic nitrogens is 3. The van der Waals surface area contributed by atoms with Crippen molar-refractivity contribution in [2.45, 2.75) is 25.8 Å². The normalized spacial score (nSPS) is 18.8. The van der Waals surface area contributed by atoms with Crippen LogP contribution in [0.1, 0.15) is 18.9 Å². The van der Waals surface area contributed by atoms with E-state index in [4.69, 9.17) is 0 Å². The predicted octanol–water partition coefficient (Wildman–Crippen LogP) is 1.54. The molecule has 0 aliphatic carbocycles. The van der Waals surface area contributed by atoms with Crippen LogP contribution in [0.4, 0.5) is 11.8 Å². The van der Waals surface area contributed by atoms with E-state index in [1.54, 1.807) is 6.20 Å². The van der Waals surface area contributed by atoms with E-state index in [9.17, 15) is 8.42 Å². The van der Waals surface area contributed by atoms with Crippen molar-refractivity contribution < 1.29 is 8.42 Å². The highest BCUT2D eigenvalue weighted by molar-refractivity contribution is 7.91. The number of hydrogen-bond acceptors (Lipinski definition) is 7. The van der Waals surface area contributed by atoms with Crippen LogP contribution in [-0.4, -0.2) is 54.2 Å². The van der Waals surface area contributed by atoms with Gasteiger partial charge in [-0.1, -0.05) is 30.3 Å². The Bertz CT molecular complexity index is 798. The Morgan fingerprint density at radius 2 is 2.08 bits per heavy atom. The second-order valence-corrected chi connectivity index (χ2v) is 8.38. The summed E-state index contributed by atoms with van der Waals surface area (Å²) in [6.07, 6.45) is 3.09. The molecule has 1 fully saturated rings. The van der Waals surface area contributed by atoms with E-state index in [1.807, 2.05) is 30.0 Å². The molecule has 3 rings (SSSR count). The largest absolute Gasteiger partial charge is 0.368 e. The van der Waals surface area contributed by atoms with Crippen LogP contribution in [0.2, 0.25) is 0 Å². The molecule has 1 unspecified atom stereocenters. The highest BCUT2D eigenvalue weighted by Gasteiger charge is 2.33. The zero-order valence-electron chi connectivity index (χ0n) is 14.3. The van der Waals surface area contributed by atoms with Crippen LogP contribution in [0.3, 0.4) is 0 Å². The third-order valence-corrected chi connectivity index (χ3v) is 6.11. The lowest BCUT2D eigenvalue weighted by Crippen LogP contribution is -2.37. The second-order valence-electron chi connectivity index (χ2n) is 6.15. The Morgan fingerprint density at radius 1 is 1.28 bits per heavy atom. The summed E-state index contributed by atoms with van der Waals surface area (Å²) in [6.45, 7) is 3.37. The summed E-state index contributed by atoms with van der Waals surface area (Å²) in [5.41, 5.74) is 1.25. The Labute approximate surface area is 148 Å². The first kappa shape index (κ1) is 17.6. The van der Waals surface area contributed by atoms with Gasteiger partial charge in [0.15, 0.2) is 15.7 Å². The Kier molecular flexibility index (Phi) is 5.47. The molecule has 1 aliphatic rings. The van der Waals surface area contributed by atoms with E-state index in [0.717, 1.165) is 13.0 Å². The lowest BCUT2D eigenvalue weighted by molar-refractivity contribution is 0.598. The standard InChI is InChI=1S/C17H23N5O2S/c1-2-22(15-9-11-25(23,24)13-15)17-20-16(12-19-21-17)18-10-8-14-6-4-3-5-7-14/h3-7,12,15H,2,8-11,13H2,1H3,(H,18,20,21). The van der Waals surface area contributed by atoms with Gasteiger partial charge in [-0.05, 0) is 25.3 Å². The summed E-state index contributed by atoms with van der Waals surface area (Å²) >= 11 is 0. The highest BCUT2D eigenvalue weighted by atomic mass is 32.2. The van der Waals surface area contributed by atoms with Crippen molar-refractivity contribution in [1.29, 1.82) is 0 Å². The second kappa shape index (κ2) is 7.77. The van der Waals surface area contributed by atoms with Gasteiger partial charge in [0, 0.05) is 19.1 Å². The summed E-state index contributed by atoms with van der Waals surface area (Å²) in [6, 6.07) is 10.1. The average molecular weight is 361 g/mol. The molecule has 1 atom stereocenters. The minimum atomic E-state index is -2.95. The molecule has 1 saturated heterocycles. The van der Waals surface area contributed by atoms with Crippen LogP contribution >= 0.6 is 0 Å². The van der Waals surface area contributed by atoms with Crippen molar-refractivity contribution in [3.63, 3.8) is 0 Å². The number of nitrogens with one attached hydrogen (secondary N) is 1. The molecule has 0 amide bonds. The number of nitrogens with zero attached hydrogens (tertiary/aromatic N) is 4. The summed E-state index contributed by atoms with van der Waals surface area (Å²) in [4.78, 5) is 6.44. The molecule has 2 heterocycles. The van der Waals surface area contributed by atoms with E-state index in [1.165, 1.54) is 5.56 Å². The van der Waals surface area contributed by atoms with Crippen molar-refractivity contribution in [2.75, 3.05) is 34.8 Å². The van der Waals surface area contributed by atoms with Crippen LogP contribution in [0.25, 0.3) is 0 Å². The highest BCUT2D eigenvalue weighted by Crippen LogP contribution is 2.21. The quantitative estimate of drug-likeness (QED) is 0.800. The molecule has 2 aromatic rings. The molecule has 0 bridgehead atoms. The molecule has 1 aliphatic heterocycles. The molecular formula is C17H23N5O2S. The van der Waals surface area contributed by atoms with Crippen LogP contribution in [-0.2, 0) is 16.3 Å². The zero-order chi connectivity index (χ0) is 17.7. The van der Waals surface area contributed by atoms with Gasteiger partial charge in [0.2, 0.25) is 5.95 Å². The molecule has 0 spiro atoms. The van der Waals surface area contributed by atoms with Gasteiger partial charge in [0.05, 0.1) is 17.7 Å².